The monoisotopic (exact) mass is 281 g/mol. The van der Waals surface area contributed by atoms with Crippen molar-refractivity contribution in [1.82, 2.24) is 25.1 Å². The summed E-state index contributed by atoms with van der Waals surface area (Å²) in [4.78, 5) is 4.04. The molecule has 0 atom stereocenters. The number of rotatable bonds is 7. The van der Waals surface area contributed by atoms with Crippen LogP contribution in [0.4, 0.5) is 0 Å². The maximum absolute atomic E-state index is 4.04. The number of hydrogen-bond donors (Lipinski definition) is 2. The Morgan fingerprint density at radius 2 is 2.24 bits per heavy atom. The largest absolute Gasteiger partial charge is 0.337 e. The number of aryl methyl sites for hydroxylation is 1. The molecule has 5 nitrogen and oxygen atoms in total. The number of benzene rings is 1. The van der Waals surface area contributed by atoms with E-state index in [-0.39, 0.29) is 0 Å². The molecule has 21 heavy (non-hydrogen) atoms. The molecule has 0 unspecified atom stereocenters. The Morgan fingerprint density at radius 1 is 1.24 bits per heavy atom. The predicted molar refractivity (Wildman–Crippen MR) is 82.6 cm³/mol. The number of aromatic amines is 1. The first-order chi connectivity index (χ1) is 10.4. The molecule has 0 saturated heterocycles. The van der Waals surface area contributed by atoms with Gasteiger partial charge < -0.3 is 9.88 Å². The van der Waals surface area contributed by atoms with Gasteiger partial charge in [-0.2, -0.15) is 5.10 Å². The number of H-pyrrole nitrogens is 1. The molecule has 0 aliphatic rings. The van der Waals surface area contributed by atoms with E-state index in [1.807, 2.05) is 31.1 Å². The first-order valence-electron chi connectivity index (χ1n) is 7.16. The van der Waals surface area contributed by atoms with Crippen LogP contribution in [-0.4, -0.2) is 26.3 Å². The number of nitrogens with zero attached hydrogens (tertiary/aromatic N) is 3. The van der Waals surface area contributed by atoms with Gasteiger partial charge in [-0.15, -0.1) is 0 Å². The van der Waals surface area contributed by atoms with Crippen LogP contribution >= 0.6 is 0 Å². The van der Waals surface area contributed by atoms with Crippen LogP contribution in [0, 0.1) is 0 Å². The second-order valence-electron chi connectivity index (χ2n) is 5.02. The van der Waals surface area contributed by atoms with Crippen molar-refractivity contribution in [3.8, 4) is 11.1 Å². The van der Waals surface area contributed by atoms with Gasteiger partial charge in [0.25, 0.3) is 0 Å². The summed E-state index contributed by atoms with van der Waals surface area (Å²) in [6, 6.07) is 8.54. The Morgan fingerprint density at radius 3 is 3.05 bits per heavy atom. The molecule has 108 valence electrons. The van der Waals surface area contributed by atoms with Gasteiger partial charge in [0.1, 0.15) is 0 Å². The number of imidazole rings is 1. The van der Waals surface area contributed by atoms with E-state index in [1.54, 1.807) is 0 Å². The van der Waals surface area contributed by atoms with Gasteiger partial charge >= 0.3 is 0 Å². The molecule has 2 N–H and O–H groups in total. The molecular weight excluding hydrogens is 262 g/mol. The fourth-order valence-electron chi connectivity index (χ4n) is 2.31. The van der Waals surface area contributed by atoms with E-state index in [0.29, 0.717) is 0 Å². The van der Waals surface area contributed by atoms with Crippen LogP contribution in [0.1, 0.15) is 12.0 Å². The lowest BCUT2D eigenvalue weighted by molar-refractivity contribution is 0.581. The van der Waals surface area contributed by atoms with Crippen LogP contribution in [0.2, 0.25) is 0 Å². The van der Waals surface area contributed by atoms with Crippen molar-refractivity contribution in [2.45, 2.75) is 19.5 Å². The van der Waals surface area contributed by atoms with Gasteiger partial charge in [0.2, 0.25) is 0 Å². The lowest BCUT2D eigenvalue weighted by Crippen LogP contribution is -2.16. The van der Waals surface area contributed by atoms with Gasteiger partial charge in [0, 0.05) is 37.2 Å². The molecule has 0 bridgehead atoms. The SMILES string of the molecule is c1cc(CNCCCn2ccnc2)cc(-c2cn[nH]c2)c1. The van der Waals surface area contributed by atoms with Crippen molar-refractivity contribution < 1.29 is 0 Å². The molecule has 0 fully saturated rings. The van der Waals surface area contributed by atoms with Gasteiger partial charge in [-0.3, -0.25) is 5.10 Å². The van der Waals surface area contributed by atoms with Crippen LogP contribution in [0.3, 0.4) is 0 Å². The zero-order chi connectivity index (χ0) is 14.3. The van der Waals surface area contributed by atoms with E-state index in [2.05, 4.69) is 49.3 Å². The van der Waals surface area contributed by atoms with Gasteiger partial charge in [0.05, 0.1) is 12.5 Å². The van der Waals surface area contributed by atoms with Crippen molar-refractivity contribution in [2.75, 3.05) is 6.54 Å². The van der Waals surface area contributed by atoms with Crippen LogP contribution in [0.25, 0.3) is 11.1 Å². The second-order valence-corrected chi connectivity index (χ2v) is 5.02. The summed E-state index contributed by atoms with van der Waals surface area (Å²) in [5.41, 5.74) is 3.61. The van der Waals surface area contributed by atoms with Crippen molar-refractivity contribution in [2.24, 2.45) is 0 Å². The highest BCUT2D eigenvalue weighted by Gasteiger charge is 2.00. The molecule has 0 aliphatic carbocycles. The third-order valence-corrected chi connectivity index (χ3v) is 3.42. The minimum absolute atomic E-state index is 0.885. The lowest BCUT2D eigenvalue weighted by atomic mass is 10.1. The predicted octanol–water partition coefficient (Wildman–Crippen LogP) is 2.45. The summed E-state index contributed by atoms with van der Waals surface area (Å²) < 4.78 is 2.10. The highest BCUT2D eigenvalue weighted by molar-refractivity contribution is 5.62. The molecule has 5 heteroatoms. The van der Waals surface area contributed by atoms with E-state index < -0.39 is 0 Å². The first kappa shape index (κ1) is 13.6. The molecule has 3 rings (SSSR count). The average molecular weight is 281 g/mol. The second kappa shape index (κ2) is 6.85. The summed E-state index contributed by atoms with van der Waals surface area (Å²) in [6.07, 6.45) is 10.5. The first-order valence-corrected chi connectivity index (χ1v) is 7.16. The highest BCUT2D eigenvalue weighted by Crippen LogP contribution is 2.18. The van der Waals surface area contributed by atoms with Gasteiger partial charge in [0.15, 0.2) is 0 Å². The summed E-state index contributed by atoms with van der Waals surface area (Å²) in [5, 5.41) is 10.3. The summed E-state index contributed by atoms with van der Waals surface area (Å²) in [6.45, 7) is 2.88. The quantitative estimate of drug-likeness (QED) is 0.654. The fourth-order valence-corrected chi connectivity index (χ4v) is 2.31. The lowest BCUT2D eigenvalue weighted by Gasteiger charge is -2.07. The van der Waals surface area contributed by atoms with Crippen molar-refractivity contribution in [3.63, 3.8) is 0 Å². The van der Waals surface area contributed by atoms with E-state index in [0.717, 1.165) is 31.6 Å². The Labute approximate surface area is 124 Å². The molecule has 0 saturated carbocycles. The van der Waals surface area contributed by atoms with Crippen LogP contribution in [-0.2, 0) is 13.1 Å². The van der Waals surface area contributed by atoms with E-state index in [1.165, 1.54) is 11.1 Å². The summed E-state index contributed by atoms with van der Waals surface area (Å²) in [5.74, 6) is 0. The fraction of sp³-hybridized carbons (Fsp3) is 0.250. The topological polar surface area (TPSA) is 58.5 Å². The van der Waals surface area contributed by atoms with Gasteiger partial charge in [-0.25, -0.2) is 4.98 Å². The van der Waals surface area contributed by atoms with Gasteiger partial charge in [-0.05, 0) is 30.2 Å². The molecule has 1 aromatic carbocycles. The number of nitrogens with one attached hydrogen (secondary N) is 2. The van der Waals surface area contributed by atoms with Crippen LogP contribution in [0.5, 0.6) is 0 Å². The molecule has 2 heterocycles. The Hall–Kier alpha value is -2.40. The zero-order valence-electron chi connectivity index (χ0n) is 11.9. The van der Waals surface area contributed by atoms with E-state index >= 15 is 0 Å². The highest BCUT2D eigenvalue weighted by atomic mass is 15.1. The smallest absolute Gasteiger partial charge is 0.0945 e. The van der Waals surface area contributed by atoms with Crippen LogP contribution in [0.15, 0.2) is 55.4 Å². The minimum Gasteiger partial charge on any atom is -0.337 e. The molecule has 0 spiro atoms. The Balaban J connectivity index is 1.46. The summed E-state index contributed by atoms with van der Waals surface area (Å²) in [7, 11) is 0. The maximum atomic E-state index is 4.04. The Kier molecular flexibility index (Phi) is 4.43. The Bertz CT molecular complexity index is 643. The number of aromatic nitrogens is 4. The maximum Gasteiger partial charge on any atom is 0.0945 e. The molecule has 0 amide bonds. The minimum atomic E-state index is 0.885. The van der Waals surface area contributed by atoms with E-state index in [4.69, 9.17) is 0 Å². The standard InChI is InChI=1S/C16H19N5/c1-3-14(9-15(4-1)16-11-19-20-12-16)10-17-5-2-7-21-8-6-18-13-21/h1,3-4,6,8-9,11-13,17H,2,5,7,10H2,(H,19,20). The normalized spacial score (nSPS) is 10.9. The van der Waals surface area contributed by atoms with Crippen molar-refractivity contribution in [3.05, 3.63) is 60.9 Å². The molecular formula is C16H19N5. The molecule has 3 aromatic rings. The van der Waals surface area contributed by atoms with Crippen molar-refractivity contribution >= 4 is 0 Å². The van der Waals surface area contributed by atoms with Crippen molar-refractivity contribution in [1.29, 1.82) is 0 Å². The van der Waals surface area contributed by atoms with Crippen LogP contribution < -0.4 is 5.32 Å². The van der Waals surface area contributed by atoms with E-state index in [9.17, 15) is 0 Å². The zero-order valence-corrected chi connectivity index (χ0v) is 11.9. The summed E-state index contributed by atoms with van der Waals surface area (Å²) >= 11 is 0. The third kappa shape index (κ3) is 3.79. The van der Waals surface area contributed by atoms with Gasteiger partial charge in [-0.1, -0.05) is 18.2 Å². The third-order valence-electron chi connectivity index (χ3n) is 3.42. The molecule has 0 aliphatic heterocycles. The molecule has 0 radical (unpaired) electrons. The average Bonchev–Trinajstić information content (AvgIpc) is 3.21. The molecule has 2 aromatic heterocycles. The number of hydrogen-bond acceptors (Lipinski definition) is 3.